The molecule has 1 atom stereocenters. The Morgan fingerprint density at radius 2 is 1.52 bits per heavy atom. The lowest BCUT2D eigenvalue weighted by molar-refractivity contribution is -0.152. The quantitative estimate of drug-likeness (QED) is 0.120. The monoisotopic (exact) mass is 717 g/mol. The summed E-state index contributed by atoms with van der Waals surface area (Å²) in [6.45, 7) is 5.80. The van der Waals surface area contributed by atoms with Gasteiger partial charge >= 0.3 is 18.2 Å². The van der Waals surface area contributed by atoms with Crippen LogP contribution in [0.3, 0.4) is 0 Å². The highest BCUT2D eigenvalue weighted by Crippen LogP contribution is 2.41. The zero-order valence-corrected chi connectivity index (χ0v) is 28.4. The van der Waals surface area contributed by atoms with Gasteiger partial charge in [0.15, 0.2) is 11.5 Å². The van der Waals surface area contributed by atoms with Gasteiger partial charge in [0.2, 0.25) is 11.2 Å². The lowest BCUT2D eigenvalue weighted by atomic mass is 10.0. The summed E-state index contributed by atoms with van der Waals surface area (Å²) in [5.74, 6) is -1.59. The number of halogens is 3. The summed E-state index contributed by atoms with van der Waals surface area (Å²) in [6, 6.07) is 22.7. The molecule has 0 bridgehead atoms. The fourth-order valence-corrected chi connectivity index (χ4v) is 5.43. The van der Waals surface area contributed by atoms with Crippen molar-refractivity contribution >= 4 is 23.0 Å². The Morgan fingerprint density at radius 3 is 2.21 bits per heavy atom. The number of carbonyl (C=O) groups is 2. The Morgan fingerprint density at radius 1 is 0.827 bits per heavy atom. The highest BCUT2D eigenvalue weighted by Gasteiger charge is 2.40. The first-order valence-corrected chi connectivity index (χ1v) is 16.3. The van der Waals surface area contributed by atoms with Crippen molar-refractivity contribution in [3.63, 3.8) is 0 Å². The van der Waals surface area contributed by atoms with E-state index in [-0.39, 0.29) is 42.1 Å². The van der Waals surface area contributed by atoms with Crippen molar-refractivity contribution in [2.45, 2.75) is 51.6 Å². The second-order valence-corrected chi connectivity index (χ2v) is 12.9. The molecule has 0 fully saturated rings. The molecule has 1 aliphatic heterocycles. The van der Waals surface area contributed by atoms with Crippen LogP contribution >= 0.6 is 0 Å². The number of esters is 1. The molecule has 5 aromatic rings. The largest absolute Gasteiger partial charge is 0.489 e. The van der Waals surface area contributed by atoms with Gasteiger partial charge in [-0.3, -0.25) is 4.79 Å². The molecule has 1 N–H and O–H groups in total. The van der Waals surface area contributed by atoms with Gasteiger partial charge in [-0.05, 0) is 73.9 Å². The second kappa shape index (κ2) is 14.7. The van der Waals surface area contributed by atoms with Gasteiger partial charge < -0.3 is 33.4 Å². The minimum absolute atomic E-state index is 0.0309. The molecule has 0 unspecified atom stereocenters. The van der Waals surface area contributed by atoms with Crippen LogP contribution in [0, 0.1) is 0 Å². The molecule has 0 spiro atoms. The van der Waals surface area contributed by atoms with E-state index in [2.05, 4.69) is 5.32 Å². The van der Waals surface area contributed by atoms with E-state index in [0.717, 1.165) is 11.6 Å². The number of alkyl halides is 3. The lowest BCUT2D eigenvalue weighted by Crippen LogP contribution is -2.46. The Bertz CT molecular complexity index is 2140. The van der Waals surface area contributed by atoms with Crippen molar-refractivity contribution in [3.05, 3.63) is 118 Å². The normalized spacial score (nSPS) is 13.3. The second-order valence-electron chi connectivity index (χ2n) is 12.9. The first kappa shape index (κ1) is 35.8. The molecule has 10 nitrogen and oxygen atoms in total. The number of fused-ring (bicyclic) bond motifs is 2. The number of benzene rings is 4. The van der Waals surface area contributed by atoms with Gasteiger partial charge in [0.1, 0.15) is 48.5 Å². The lowest BCUT2D eigenvalue weighted by Gasteiger charge is -2.23. The van der Waals surface area contributed by atoms with Gasteiger partial charge in [0.25, 0.3) is 0 Å². The number of hydrogen-bond acceptors (Lipinski definition) is 9. The standard InChI is InChI=1S/C39H34F3NO9/c1-38(2,3)52-37(46)43-29(19-23-9-12-26(13-10-23)49-22-24-7-5-4-6-8-24)36(45)50-27-14-15-28-31(21-27)51-35(39(40,41)42)33(34(28)44)25-11-16-30-32(20-25)48-18-17-47-30/h4-16,20-21,29H,17-19,22H2,1-3H3,(H,43,46)/t29-/m1/s1. The molecule has 1 aliphatic rings. The summed E-state index contributed by atoms with van der Waals surface area (Å²) in [4.78, 5) is 39.8. The highest BCUT2D eigenvalue weighted by molar-refractivity contribution is 5.87. The zero-order chi connectivity index (χ0) is 37.0. The maximum absolute atomic E-state index is 14.4. The van der Waals surface area contributed by atoms with Crippen LogP contribution in [0.5, 0.6) is 23.0 Å². The maximum atomic E-state index is 14.4. The minimum Gasteiger partial charge on any atom is -0.489 e. The SMILES string of the molecule is CC(C)(C)OC(=O)N[C@H](Cc1ccc(OCc2ccccc2)cc1)C(=O)Oc1ccc2c(=O)c(-c3ccc4c(c3)OCCO4)c(C(F)(F)F)oc2c1. The summed E-state index contributed by atoms with van der Waals surface area (Å²) in [6.07, 6.45) is -5.98. The summed E-state index contributed by atoms with van der Waals surface area (Å²) in [7, 11) is 0. The van der Waals surface area contributed by atoms with Gasteiger partial charge in [0.05, 0.1) is 10.9 Å². The number of ether oxygens (including phenoxy) is 5. The molecule has 0 radical (unpaired) electrons. The van der Waals surface area contributed by atoms with E-state index in [1.165, 1.54) is 30.3 Å². The van der Waals surface area contributed by atoms with Crippen molar-refractivity contribution in [2.24, 2.45) is 0 Å². The van der Waals surface area contributed by atoms with Crippen LogP contribution in [0.1, 0.15) is 37.7 Å². The maximum Gasteiger partial charge on any atom is 0.450 e. The molecule has 13 heteroatoms. The van der Waals surface area contributed by atoms with E-state index in [9.17, 15) is 27.6 Å². The Hall–Kier alpha value is -5.98. The molecule has 1 aromatic heterocycles. The molecule has 52 heavy (non-hydrogen) atoms. The third kappa shape index (κ3) is 8.66. The topological polar surface area (TPSA) is 123 Å². The molecule has 4 aromatic carbocycles. The van der Waals surface area contributed by atoms with Gasteiger partial charge in [-0.25, -0.2) is 9.59 Å². The molecular weight excluding hydrogens is 683 g/mol. The predicted octanol–water partition coefficient (Wildman–Crippen LogP) is 7.87. The molecule has 1 amide bonds. The van der Waals surface area contributed by atoms with Gasteiger partial charge in [-0.2, -0.15) is 13.2 Å². The van der Waals surface area contributed by atoms with Crippen molar-refractivity contribution in [1.82, 2.24) is 5.32 Å². The fraction of sp³-hybridized carbons (Fsp3) is 0.256. The smallest absolute Gasteiger partial charge is 0.450 e. The van der Waals surface area contributed by atoms with E-state index in [1.54, 1.807) is 45.0 Å². The van der Waals surface area contributed by atoms with Crippen molar-refractivity contribution in [1.29, 1.82) is 0 Å². The van der Waals surface area contributed by atoms with Crippen LogP contribution in [0.15, 0.2) is 100 Å². The third-order valence-electron chi connectivity index (χ3n) is 7.76. The summed E-state index contributed by atoms with van der Waals surface area (Å²) in [5.41, 5.74) is -1.46. The molecule has 2 heterocycles. The Labute approximate surface area is 296 Å². The van der Waals surface area contributed by atoms with E-state index in [4.69, 9.17) is 28.1 Å². The molecular formula is C39H34F3NO9. The molecule has 0 aliphatic carbocycles. The Balaban J connectivity index is 1.25. The van der Waals surface area contributed by atoms with E-state index >= 15 is 0 Å². The number of nitrogens with one attached hydrogen (secondary N) is 1. The van der Waals surface area contributed by atoms with Gasteiger partial charge in [-0.15, -0.1) is 0 Å². The summed E-state index contributed by atoms with van der Waals surface area (Å²) < 4.78 is 76.0. The number of carbonyl (C=O) groups excluding carboxylic acids is 2. The zero-order valence-electron chi connectivity index (χ0n) is 28.4. The average Bonchev–Trinajstić information content (AvgIpc) is 3.10. The van der Waals surface area contributed by atoms with Crippen LogP contribution in [-0.2, 0) is 28.7 Å². The highest BCUT2D eigenvalue weighted by atomic mass is 19.4. The first-order valence-electron chi connectivity index (χ1n) is 16.3. The molecule has 270 valence electrons. The van der Waals surface area contributed by atoms with Gasteiger partial charge in [-0.1, -0.05) is 48.5 Å². The van der Waals surface area contributed by atoms with E-state index in [0.29, 0.717) is 23.7 Å². The van der Waals surface area contributed by atoms with Crippen LogP contribution in [0.2, 0.25) is 0 Å². The number of amides is 1. The predicted molar refractivity (Wildman–Crippen MR) is 184 cm³/mol. The van der Waals surface area contributed by atoms with Crippen LogP contribution in [-0.4, -0.2) is 36.9 Å². The summed E-state index contributed by atoms with van der Waals surface area (Å²) >= 11 is 0. The molecule has 0 saturated heterocycles. The minimum atomic E-state index is -5.06. The van der Waals surface area contributed by atoms with Crippen molar-refractivity contribution in [3.8, 4) is 34.1 Å². The van der Waals surface area contributed by atoms with Crippen LogP contribution in [0.4, 0.5) is 18.0 Å². The fourth-order valence-electron chi connectivity index (χ4n) is 5.43. The van der Waals surface area contributed by atoms with Crippen molar-refractivity contribution < 1.29 is 50.9 Å². The average molecular weight is 718 g/mol. The number of alkyl carbamates (subject to hydrolysis) is 1. The summed E-state index contributed by atoms with van der Waals surface area (Å²) in [5, 5.41) is 2.33. The first-order chi connectivity index (χ1) is 24.7. The van der Waals surface area contributed by atoms with Gasteiger partial charge in [0, 0.05) is 12.5 Å². The van der Waals surface area contributed by atoms with Crippen LogP contribution in [0.25, 0.3) is 22.1 Å². The van der Waals surface area contributed by atoms with E-state index < -0.39 is 52.2 Å². The number of rotatable bonds is 9. The third-order valence-corrected chi connectivity index (χ3v) is 7.76. The van der Waals surface area contributed by atoms with Crippen molar-refractivity contribution in [2.75, 3.05) is 13.2 Å². The number of hydrogen-bond donors (Lipinski definition) is 1. The van der Waals surface area contributed by atoms with E-state index in [1.807, 2.05) is 30.3 Å². The van der Waals surface area contributed by atoms with Crippen LogP contribution < -0.4 is 29.7 Å². The molecule has 6 rings (SSSR count). The molecule has 0 saturated carbocycles. The Kier molecular flexibility index (Phi) is 10.1.